The summed E-state index contributed by atoms with van der Waals surface area (Å²) in [6, 6.07) is 15.9. The summed E-state index contributed by atoms with van der Waals surface area (Å²) in [4.78, 5) is 17.4. The molecule has 0 spiro atoms. The van der Waals surface area contributed by atoms with Crippen LogP contribution >= 0.6 is 0 Å². The molecule has 5 heteroatoms. The van der Waals surface area contributed by atoms with Crippen LogP contribution in [0.1, 0.15) is 28.4 Å². The first kappa shape index (κ1) is 19.5. The van der Waals surface area contributed by atoms with Gasteiger partial charge in [0.15, 0.2) is 0 Å². The Kier molecular flexibility index (Phi) is 6.98. The zero-order chi connectivity index (χ0) is 19.1. The van der Waals surface area contributed by atoms with Gasteiger partial charge in [0.05, 0.1) is 0 Å². The molecule has 1 aliphatic rings. The molecule has 0 unspecified atom stereocenters. The molecular weight excluding hydrogens is 336 g/mol. The quantitative estimate of drug-likeness (QED) is 0.791. The molecule has 1 heterocycles. The van der Waals surface area contributed by atoms with Crippen LogP contribution in [0.25, 0.3) is 0 Å². The van der Waals surface area contributed by atoms with Crippen molar-refractivity contribution in [1.82, 2.24) is 15.1 Å². The van der Waals surface area contributed by atoms with Gasteiger partial charge in [-0.25, -0.2) is 0 Å². The van der Waals surface area contributed by atoms with E-state index in [1.807, 2.05) is 30.3 Å². The van der Waals surface area contributed by atoms with E-state index in [0.29, 0.717) is 5.56 Å². The summed E-state index contributed by atoms with van der Waals surface area (Å²) in [5, 5.41) is 6.30. The number of rotatable bonds is 7. The second-order valence-electron chi connectivity index (χ2n) is 7.21. The molecule has 1 saturated heterocycles. The predicted octanol–water partition coefficient (Wildman–Crippen LogP) is 2.80. The number of likely N-dealkylation sites (N-methyl/N-ethyl adjacent to an activating group) is 1. The topological polar surface area (TPSA) is 47.6 Å². The third-order valence-electron chi connectivity index (χ3n) is 4.98. The van der Waals surface area contributed by atoms with Gasteiger partial charge in [-0.2, -0.15) is 0 Å². The fraction of sp³-hybridized carbons (Fsp3) is 0.409. The van der Waals surface area contributed by atoms with Crippen molar-refractivity contribution in [2.24, 2.45) is 0 Å². The number of carbonyl (C=O) groups excluding carboxylic acids is 1. The Hall–Kier alpha value is -2.21. The fourth-order valence-electron chi connectivity index (χ4n) is 3.26. The molecule has 2 aromatic carbocycles. The number of piperazine rings is 1. The van der Waals surface area contributed by atoms with Crippen LogP contribution in [0.2, 0.25) is 0 Å². The van der Waals surface area contributed by atoms with Crippen molar-refractivity contribution in [3.63, 3.8) is 0 Å². The standard InChI is InChI=1S/C22H30N4O/c1-3-23-16-19-5-4-6-21(15-19)24-22(27)20-9-7-18(8-10-20)17-26-13-11-25(2)12-14-26/h4-10,15,23H,3,11-14,16-17H2,1-2H3,(H,24,27). The van der Waals surface area contributed by atoms with E-state index in [1.54, 1.807) is 0 Å². The second kappa shape index (κ2) is 9.65. The summed E-state index contributed by atoms with van der Waals surface area (Å²) in [5.74, 6) is -0.0678. The highest BCUT2D eigenvalue weighted by Crippen LogP contribution is 2.14. The van der Waals surface area contributed by atoms with Crippen molar-refractivity contribution in [2.75, 3.05) is 45.1 Å². The number of carbonyl (C=O) groups is 1. The van der Waals surface area contributed by atoms with Gasteiger partial charge in [0.25, 0.3) is 5.91 Å². The Morgan fingerprint density at radius 3 is 2.44 bits per heavy atom. The number of hydrogen-bond donors (Lipinski definition) is 2. The lowest BCUT2D eigenvalue weighted by molar-refractivity contribution is 0.102. The third-order valence-corrected chi connectivity index (χ3v) is 4.98. The molecule has 27 heavy (non-hydrogen) atoms. The average Bonchev–Trinajstić information content (AvgIpc) is 2.69. The summed E-state index contributed by atoms with van der Waals surface area (Å²) in [6.45, 7) is 9.20. The van der Waals surface area contributed by atoms with E-state index in [2.05, 4.69) is 52.6 Å². The van der Waals surface area contributed by atoms with Gasteiger partial charge in [0, 0.05) is 50.5 Å². The number of hydrogen-bond acceptors (Lipinski definition) is 4. The van der Waals surface area contributed by atoms with E-state index < -0.39 is 0 Å². The van der Waals surface area contributed by atoms with Gasteiger partial charge in [-0.1, -0.05) is 31.2 Å². The first-order valence-electron chi connectivity index (χ1n) is 9.75. The largest absolute Gasteiger partial charge is 0.322 e. The van der Waals surface area contributed by atoms with Crippen LogP contribution in [0.15, 0.2) is 48.5 Å². The van der Waals surface area contributed by atoms with E-state index in [9.17, 15) is 4.79 Å². The Morgan fingerprint density at radius 1 is 1.00 bits per heavy atom. The molecule has 144 valence electrons. The lowest BCUT2D eigenvalue weighted by Crippen LogP contribution is -2.43. The maximum atomic E-state index is 12.5. The van der Waals surface area contributed by atoms with Gasteiger partial charge in [-0.15, -0.1) is 0 Å². The van der Waals surface area contributed by atoms with Gasteiger partial charge in [-0.05, 0) is 49.0 Å². The van der Waals surface area contributed by atoms with Crippen LogP contribution < -0.4 is 10.6 Å². The highest BCUT2D eigenvalue weighted by Gasteiger charge is 2.14. The molecular formula is C22H30N4O. The van der Waals surface area contributed by atoms with Crippen molar-refractivity contribution in [1.29, 1.82) is 0 Å². The van der Waals surface area contributed by atoms with Crippen LogP contribution in [0.3, 0.4) is 0 Å². The predicted molar refractivity (Wildman–Crippen MR) is 111 cm³/mol. The summed E-state index contributed by atoms with van der Waals surface area (Å²) >= 11 is 0. The SMILES string of the molecule is CCNCc1cccc(NC(=O)c2ccc(CN3CCN(C)CC3)cc2)c1. The minimum Gasteiger partial charge on any atom is -0.322 e. The molecule has 2 aromatic rings. The number of benzene rings is 2. The van der Waals surface area contributed by atoms with Crippen LogP contribution in [-0.2, 0) is 13.1 Å². The second-order valence-corrected chi connectivity index (χ2v) is 7.21. The first-order chi connectivity index (χ1) is 13.1. The number of nitrogens with zero attached hydrogens (tertiary/aromatic N) is 2. The van der Waals surface area contributed by atoms with Gasteiger partial charge in [-0.3, -0.25) is 9.69 Å². The summed E-state index contributed by atoms with van der Waals surface area (Å²) in [5.41, 5.74) is 3.94. The monoisotopic (exact) mass is 366 g/mol. The fourth-order valence-corrected chi connectivity index (χ4v) is 3.26. The Bertz CT molecular complexity index is 736. The molecule has 0 aliphatic carbocycles. The lowest BCUT2D eigenvalue weighted by atomic mass is 10.1. The number of anilines is 1. The van der Waals surface area contributed by atoms with Crippen LogP contribution in [0, 0.1) is 0 Å². The summed E-state index contributed by atoms with van der Waals surface area (Å²) in [7, 11) is 2.17. The molecule has 0 aromatic heterocycles. The van der Waals surface area contributed by atoms with Crippen LogP contribution in [-0.4, -0.2) is 55.5 Å². The smallest absolute Gasteiger partial charge is 0.255 e. The Labute approximate surface area is 162 Å². The minimum absolute atomic E-state index is 0.0678. The molecule has 1 fully saturated rings. The van der Waals surface area contributed by atoms with E-state index >= 15 is 0 Å². The molecule has 0 bridgehead atoms. The van der Waals surface area contributed by atoms with Crippen molar-refractivity contribution in [3.05, 3.63) is 65.2 Å². The molecule has 5 nitrogen and oxygen atoms in total. The molecule has 2 N–H and O–H groups in total. The van der Waals surface area contributed by atoms with E-state index in [1.165, 1.54) is 5.56 Å². The maximum Gasteiger partial charge on any atom is 0.255 e. The van der Waals surface area contributed by atoms with Gasteiger partial charge in [0.1, 0.15) is 0 Å². The highest BCUT2D eigenvalue weighted by atomic mass is 16.1. The highest BCUT2D eigenvalue weighted by molar-refractivity contribution is 6.04. The zero-order valence-electron chi connectivity index (χ0n) is 16.4. The van der Waals surface area contributed by atoms with E-state index in [4.69, 9.17) is 0 Å². The molecule has 0 radical (unpaired) electrons. The lowest BCUT2D eigenvalue weighted by Gasteiger charge is -2.32. The zero-order valence-corrected chi connectivity index (χ0v) is 16.4. The van der Waals surface area contributed by atoms with Crippen molar-refractivity contribution in [2.45, 2.75) is 20.0 Å². The van der Waals surface area contributed by atoms with Gasteiger partial charge >= 0.3 is 0 Å². The molecule has 1 aliphatic heterocycles. The summed E-state index contributed by atoms with van der Waals surface area (Å²) < 4.78 is 0. The summed E-state index contributed by atoms with van der Waals surface area (Å²) in [6.07, 6.45) is 0. The molecule has 1 amide bonds. The van der Waals surface area contributed by atoms with Gasteiger partial charge < -0.3 is 15.5 Å². The number of nitrogens with one attached hydrogen (secondary N) is 2. The van der Waals surface area contributed by atoms with Gasteiger partial charge in [0.2, 0.25) is 0 Å². The van der Waals surface area contributed by atoms with Crippen LogP contribution in [0.5, 0.6) is 0 Å². The average molecular weight is 367 g/mol. The van der Waals surface area contributed by atoms with Crippen molar-refractivity contribution < 1.29 is 4.79 Å². The third kappa shape index (κ3) is 5.89. The van der Waals surface area contributed by atoms with Crippen molar-refractivity contribution in [3.8, 4) is 0 Å². The molecule has 0 atom stereocenters. The minimum atomic E-state index is -0.0678. The molecule has 3 rings (SSSR count). The Morgan fingerprint density at radius 2 is 1.74 bits per heavy atom. The Balaban J connectivity index is 1.56. The normalized spacial score (nSPS) is 15.6. The van der Waals surface area contributed by atoms with Crippen molar-refractivity contribution >= 4 is 11.6 Å². The molecule has 0 saturated carbocycles. The van der Waals surface area contributed by atoms with E-state index in [-0.39, 0.29) is 5.91 Å². The van der Waals surface area contributed by atoms with E-state index in [0.717, 1.165) is 57.1 Å². The van der Waals surface area contributed by atoms with Crippen LogP contribution in [0.4, 0.5) is 5.69 Å². The first-order valence-corrected chi connectivity index (χ1v) is 9.75. The maximum absolute atomic E-state index is 12.5. The number of amides is 1.